The van der Waals surface area contributed by atoms with E-state index in [1.165, 1.54) is 33.3 Å². The van der Waals surface area contributed by atoms with Crippen molar-refractivity contribution >= 4 is 5.65 Å². The van der Waals surface area contributed by atoms with E-state index in [0.29, 0.717) is 16.8 Å². The highest BCUT2D eigenvalue weighted by atomic mass is 19.4. The number of halogens is 3. The molecule has 0 aliphatic carbocycles. The van der Waals surface area contributed by atoms with E-state index in [0.717, 1.165) is 11.3 Å². The summed E-state index contributed by atoms with van der Waals surface area (Å²) in [5.74, 6) is -0.324. The number of nitrogens with zero attached hydrogens (tertiary/aromatic N) is 5. The van der Waals surface area contributed by atoms with Crippen molar-refractivity contribution in [2.75, 3.05) is 6.61 Å². The summed E-state index contributed by atoms with van der Waals surface area (Å²) in [5.41, 5.74) is 2.93. The minimum atomic E-state index is -4.76. The minimum absolute atomic E-state index is 0.121. The van der Waals surface area contributed by atoms with Crippen molar-refractivity contribution in [2.45, 2.75) is 12.9 Å². The number of hydrogen-bond donors (Lipinski definition) is 0. The second-order valence-corrected chi connectivity index (χ2v) is 7.66. The lowest BCUT2D eigenvalue weighted by atomic mass is 10.1. The number of alkyl halides is 3. The quantitative estimate of drug-likeness (QED) is 0.330. The van der Waals surface area contributed by atoms with Crippen LogP contribution in [0.5, 0.6) is 11.8 Å². The van der Waals surface area contributed by atoms with Gasteiger partial charge in [0.1, 0.15) is 12.4 Å². The topological polar surface area (TPSA) is 83.5 Å². The molecular formula is C25H18F3N5O3. The Kier molecular flexibility index (Phi) is 6.11. The van der Waals surface area contributed by atoms with Crippen molar-refractivity contribution in [1.29, 1.82) is 0 Å². The van der Waals surface area contributed by atoms with Gasteiger partial charge in [-0.15, -0.1) is 18.3 Å². The molecule has 8 nitrogen and oxygen atoms in total. The fraction of sp³-hybridized carbons (Fsp3) is 0.120. The van der Waals surface area contributed by atoms with Crippen LogP contribution in [0.1, 0.15) is 0 Å². The molecule has 0 amide bonds. The first kappa shape index (κ1) is 23.1. The summed E-state index contributed by atoms with van der Waals surface area (Å²) in [6, 6.07) is 20.3. The van der Waals surface area contributed by atoms with Crippen LogP contribution in [0.3, 0.4) is 0 Å². The summed E-state index contributed by atoms with van der Waals surface area (Å²) in [4.78, 5) is 21.3. The molecule has 182 valence electrons. The molecule has 3 aromatic heterocycles. The molecule has 2 aromatic carbocycles. The van der Waals surface area contributed by atoms with Gasteiger partial charge < -0.3 is 9.47 Å². The Morgan fingerprint density at radius 2 is 1.61 bits per heavy atom. The highest BCUT2D eigenvalue weighted by molar-refractivity contribution is 5.65. The molecule has 0 atom stereocenters. The van der Waals surface area contributed by atoms with E-state index < -0.39 is 6.36 Å². The van der Waals surface area contributed by atoms with Crippen LogP contribution in [-0.4, -0.2) is 37.1 Å². The van der Waals surface area contributed by atoms with Crippen molar-refractivity contribution < 1.29 is 22.6 Å². The molecular weight excluding hydrogens is 475 g/mol. The summed E-state index contributed by atoms with van der Waals surface area (Å²) in [6.45, 7) is 0.286. The lowest BCUT2D eigenvalue weighted by Gasteiger charge is -2.09. The lowest BCUT2D eigenvalue weighted by molar-refractivity contribution is -0.274. The molecule has 3 heterocycles. The molecule has 0 N–H and O–H groups in total. The lowest BCUT2D eigenvalue weighted by Crippen LogP contribution is -2.24. The van der Waals surface area contributed by atoms with Gasteiger partial charge >= 0.3 is 18.1 Å². The third-order valence-corrected chi connectivity index (χ3v) is 5.24. The van der Waals surface area contributed by atoms with Crippen LogP contribution in [0.25, 0.3) is 28.0 Å². The maximum atomic E-state index is 12.8. The van der Waals surface area contributed by atoms with Gasteiger partial charge in [0, 0.05) is 18.0 Å². The summed E-state index contributed by atoms with van der Waals surface area (Å²) in [5, 5.41) is 4.30. The normalized spacial score (nSPS) is 11.5. The maximum Gasteiger partial charge on any atom is 0.573 e. The number of ether oxygens (including phenoxy) is 2. The molecule has 0 aliphatic rings. The number of aromatic nitrogens is 5. The van der Waals surface area contributed by atoms with Gasteiger partial charge in [-0.05, 0) is 41.5 Å². The zero-order chi connectivity index (χ0) is 25.1. The third kappa shape index (κ3) is 5.19. The van der Waals surface area contributed by atoms with Gasteiger partial charge in [-0.25, -0.2) is 18.9 Å². The zero-order valence-electron chi connectivity index (χ0n) is 18.6. The summed E-state index contributed by atoms with van der Waals surface area (Å²) in [6.07, 6.45) is -1.58. The zero-order valence-corrected chi connectivity index (χ0v) is 18.6. The van der Waals surface area contributed by atoms with Crippen molar-refractivity contribution in [3.05, 3.63) is 95.7 Å². The molecule has 0 spiro atoms. The second-order valence-electron chi connectivity index (χ2n) is 7.66. The Morgan fingerprint density at radius 1 is 0.861 bits per heavy atom. The standard InChI is InChI=1S/C25H18F3N5O3/c26-25(27,28)36-20-9-6-17(7-10-20)19-8-11-22-31-33(24(34)32(22)16-19)14-15-35-23-29-13-12-21(30-23)18-4-2-1-3-5-18/h1-13,16H,14-15H2. The third-order valence-electron chi connectivity index (χ3n) is 5.24. The van der Waals surface area contributed by atoms with E-state index >= 15 is 0 Å². The number of pyridine rings is 1. The fourth-order valence-corrected chi connectivity index (χ4v) is 3.59. The Labute approximate surface area is 202 Å². The molecule has 0 saturated carbocycles. The van der Waals surface area contributed by atoms with E-state index in [2.05, 4.69) is 19.8 Å². The van der Waals surface area contributed by atoms with Gasteiger partial charge in [-0.2, -0.15) is 4.98 Å². The molecule has 0 fully saturated rings. The van der Waals surface area contributed by atoms with Gasteiger partial charge in [0.05, 0.1) is 12.2 Å². The largest absolute Gasteiger partial charge is 0.573 e. The average Bonchev–Trinajstić information content (AvgIpc) is 3.19. The van der Waals surface area contributed by atoms with Gasteiger partial charge in [-0.3, -0.25) is 0 Å². The summed E-state index contributed by atoms with van der Waals surface area (Å²) < 4.78 is 49.3. The van der Waals surface area contributed by atoms with Crippen molar-refractivity contribution in [3.63, 3.8) is 0 Å². The van der Waals surface area contributed by atoms with Gasteiger partial charge in [0.25, 0.3) is 0 Å². The average molecular weight is 493 g/mol. The minimum Gasteiger partial charge on any atom is -0.461 e. The molecule has 0 bridgehead atoms. The van der Waals surface area contributed by atoms with Crippen LogP contribution in [-0.2, 0) is 6.54 Å². The first-order chi connectivity index (χ1) is 17.4. The van der Waals surface area contributed by atoms with E-state index in [1.54, 1.807) is 30.6 Å². The molecule has 0 saturated heterocycles. The number of fused-ring (bicyclic) bond motifs is 1. The SMILES string of the molecule is O=c1n(CCOc2nccc(-c3ccccc3)n2)nc2ccc(-c3ccc(OC(F)(F)F)cc3)cn12. The van der Waals surface area contributed by atoms with Crippen LogP contribution in [0, 0.1) is 0 Å². The van der Waals surface area contributed by atoms with Crippen molar-refractivity contribution in [3.8, 4) is 34.1 Å². The van der Waals surface area contributed by atoms with Crippen LogP contribution in [0.2, 0.25) is 0 Å². The molecule has 0 radical (unpaired) electrons. The van der Waals surface area contributed by atoms with Crippen LogP contribution in [0.15, 0.2) is 90.0 Å². The molecule has 0 unspecified atom stereocenters. The van der Waals surface area contributed by atoms with E-state index in [9.17, 15) is 18.0 Å². The monoisotopic (exact) mass is 493 g/mol. The number of hydrogen-bond acceptors (Lipinski definition) is 6. The van der Waals surface area contributed by atoms with Crippen LogP contribution >= 0.6 is 0 Å². The smallest absolute Gasteiger partial charge is 0.461 e. The molecule has 5 aromatic rings. The van der Waals surface area contributed by atoms with E-state index in [1.807, 2.05) is 30.3 Å². The predicted octanol–water partition coefficient (Wildman–Crippen LogP) is 4.60. The van der Waals surface area contributed by atoms with Crippen molar-refractivity contribution in [1.82, 2.24) is 24.1 Å². The molecule has 36 heavy (non-hydrogen) atoms. The van der Waals surface area contributed by atoms with Gasteiger partial charge in [0.15, 0.2) is 5.65 Å². The van der Waals surface area contributed by atoms with E-state index in [-0.39, 0.29) is 30.6 Å². The Balaban J connectivity index is 1.28. The Bertz CT molecular complexity index is 1550. The van der Waals surface area contributed by atoms with Crippen LogP contribution < -0.4 is 15.2 Å². The first-order valence-electron chi connectivity index (χ1n) is 10.8. The van der Waals surface area contributed by atoms with Crippen LogP contribution in [0.4, 0.5) is 13.2 Å². The van der Waals surface area contributed by atoms with Gasteiger partial charge in [-0.1, -0.05) is 42.5 Å². The summed E-state index contributed by atoms with van der Waals surface area (Å²) in [7, 11) is 0. The Morgan fingerprint density at radius 3 is 2.36 bits per heavy atom. The second kappa shape index (κ2) is 9.53. The highest BCUT2D eigenvalue weighted by Crippen LogP contribution is 2.26. The van der Waals surface area contributed by atoms with E-state index in [4.69, 9.17) is 4.74 Å². The first-order valence-corrected chi connectivity index (χ1v) is 10.8. The van der Waals surface area contributed by atoms with Crippen molar-refractivity contribution in [2.24, 2.45) is 0 Å². The van der Waals surface area contributed by atoms with Gasteiger partial charge in [0.2, 0.25) is 0 Å². The highest BCUT2D eigenvalue weighted by Gasteiger charge is 2.31. The Hall–Kier alpha value is -4.67. The molecule has 0 aliphatic heterocycles. The predicted molar refractivity (Wildman–Crippen MR) is 125 cm³/mol. The molecule has 5 rings (SSSR count). The summed E-state index contributed by atoms with van der Waals surface area (Å²) >= 11 is 0. The fourth-order valence-electron chi connectivity index (χ4n) is 3.59. The number of rotatable bonds is 7. The molecule has 11 heteroatoms. The number of benzene rings is 2. The maximum absolute atomic E-state index is 12.8.